The van der Waals surface area contributed by atoms with Crippen LogP contribution in [0.5, 0.6) is 0 Å². The van der Waals surface area contributed by atoms with Crippen molar-refractivity contribution in [2.75, 3.05) is 6.54 Å². The van der Waals surface area contributed by atoms with E-state index in [1.54, 1.807) is 11.3 Å². The fraction of sp³-hybridized carbons (Fsp3) is 0.286. The molecule has 1 nitrogen and oxygen atoms in total. The molecule has 1 N–H and O–H groups in total. The molecule has 18 heavy (non-hydrogen) atoms. The molecule has 0 amide bonds. The second kappa shape index (κ2) is 6.89. The second-order valence-electron chi connectivity index (χ2n) is 4.04. The van der Waals surface area contributed by atoms with Crippen molar-refractivity contribution in [3.63, 3.8) is 0 Å². The van der Waals surface area contributed by atoms with Gasteiger partial charge in [0.15, 0.2) is 0 Å². The van der Waals surface area contributed by atoms with Crippen molar-refractivity contribution in [3.05, 3.63) is 54.7 Å². The summed E-state index contributed by atoms with van der Waals surface area (Å²) >= 11 is 10.1. The average Bonchev–Trinajstić information content (AvgIpc) is 2.75. The fourth-order valence-corrected chi connectivity index (χ4v) is 3.86. The fourth-order valence-electron chi connectivity index (χ4n) is 1.96. The van der Waals surface area contributed by atoms with Crippen LogP contribution in [0.25, 0.3) is 0 Å². The summed E-state index contributed by atoms with van der Waals surface area (Å²) in [6.45, 7) is 3.11. The quantitative estimate of drug-likeness (QED) is 0.715. The normalized spacial score (nSPS) is 12.6. The summed E-state index contributed by atoms with van der Waals surface area (Å²) < 4.78 is 2.17. The molecule has 1 aromatic heterocycles. The van der Waals surface area contributed by atoms with E-state index in [0.717, 1.165) is 17.3 Å². The lowest BCUT2D eigenvalue weighted by atomic mass is 10.0. The van der Waals surface area contributed by atoms with Gasteiger partial charge < -0.3 is 5.32 Å². The largest absolute Gasteiger partial charge is 0.310 e. The van der Waals surface area contributed by atoms with Gasteiger partial charge in [0.05, 0.1) is 4.34 Å². The van der Waals surface area contributed by atoms with E-state index in [0.29, 0.717) is 6.04 Å². The molecular formula is C14H15ClINS. The van der Waals surface area contributed by atoms with Gasteiger partial charge in [-0.3, -0.25) is 0 Å². The van der Waals surface area contributed by atoms with E-state index in [-0.39, 0.29) is 0 Å². The highest BCUT2D eigenvalue weighted by Crippen LogP contribution is 2.28. The Bertz CT molecular complexity index is 512. The van der Waals surface area contributed by atoms with E-state index in [1.165, 1.54) is 14.0 Å². The van der Waals surface area contributed by atoms with Crippen molar-refractivity contribution in [2.45, 2.75) is 19.4 Å². The molecule has 2 rings (SSSR count). The molecule has 0 saturated heterocycles. The minimum atomic E-state index is 0.359. The lowest BCUT2D eigenvalue weighted by Crippen LogP contribution is -2.23. The molecule has 0 saturated carbocycles. The van der Waals surface area contributed by atoms with E-state index < -0.39 is 0 Å². The highest BCUT2D eigenvalue weighted by Gasteiger charge is 2.14. The van der Waals surface area contributed by atoms with Crippen molar-refractivity contribution in [3.8, 4) is 0 Å². The summed E-state index contributed by atoms with van der Waals surface area (Å²) in [7, 11) is 0. The number of hydrogen-bond acceptors (Lipinski definition) is 2. The highest BCUT2D eigenvalue weighted by molar-refractivity contribution is 14.1. The molecule has 0 aliphatic rings. The predicted molar refractivity (Wildman–Crippen MR) is 88.6 cm³/mol. The summed E-state index contributed by atoms with van der Waals surface area (Å²) in [5.41, 5.74) is 1.37. The lowest BCUT2D eigenvalue weighted by Gasteiger charge is -2.19. The zero-order valence-electron chi connectivity index (χ0n) is 10.1. The number of nitrogens with one attached hydrogen (secondary N) is 1. The average molecular weight is 392 g/mol. The monoisotopic (exact) mass is 391 g/mol. The van der Waals surface area contributed by atoms with Gasteiger partial charge in [-0.1, -0.05) is 36.7 Å². The number of likely N-dealkylation sites (N-methyl/N-ethyl adjacent to an activating group) is 1. The van der Waals surface area contributed by atoms with Crippen LogP contribution in [0.4, 0.5) is 0 Å². The van der Waals surface area contributed by atoms with Gasteiger partial charge in [0.1, 0.15) is 0 Å². The first-order valence-electron chi connectivity index (χ1n) is 5.92. The summed E-state index contributed by atoms with van der Waals surface area (Å²) in [6.07, 6.45) is 0.991. The summed E-state index contributed by atoms with van der Waals surface area (Å²) in [4.78, 5) is 1.32. The zero-order valence-corrected chi connectivity index (χ0v) is 13.8. The maximum absolute atomic E-state index is 5.99. The molecule has 0 bridgehead atoms. The zero-order chi connectivity index (χ0) is 13.0. The van der Waals surface area contributed by atoms with Crippen LogP contribution in [0.3, 0.4) is 0 Å². The van der Waals surface area contributed by atoms with E-state index >= 15 is 0 Å². The SMILES string of the molecule is CCNC(Cc1ccc(Cl)s1)c1ccccc1I. The Morgan fingerprint density at radius 3 is 2.67 bits per heavy atom. The molecule has 1 atom stereocenters. The molecular weight excluding hydrogens is 377 g/mol. The first-order chi connectivity index (χ1) is 8.70. The molecule has 1 unspecified atom stereocenters. The highest BCUT2D eigenvalue weighted by atomic mass is 127. The van der Waals surface area contributed by atoms with Gasteiger partial charge in [-0.2, -0.15) is 0 Å². The van der Waals surface area contributed by atoms with Crippen molar-refractivity contribution < 1.29 is 0 Å². The number of thiophene rings is 1. The molecule has 2 aromatic rings. The van der Waals surface area contributed by atoms with Crippen molar-refractivity contribution in [1.82, 2.24) is 5.32 Å². The number of halogens is 2. The minimum absolute atomic E-state index is 0.359. The first-order valence-corrected chi connectivity index (χ1v) is 8.20. The van der Waals surface area contributed by atoms with Crippen LogP contribution in [0, 0.1) is 3.57 Å². The van der Waals surface area contributed by atoms with Gasteiger partial charge in [0.2, 0.25) is 0 Å². The van der Waals surface area contributed by atoms with Crippen molar-refractivity contribution in [1.29, 1.82) is 0 Å². The Balaban J connectivity index is 2.20. The maximum atomic E-state index is 5.99. The van der Waals surface area contributed by atoms with Crippen molar-refractivity contribution >= 4 is 45.5 Å². The molecule has 0 fully saturated rings. The first kappa shape index (κ1) is 14.3. The standard InChI is InChI=1S/C14H15ClINS/c1-2-17-13(9-10-7-8-14(15)18-10)11-5-3-4-6-12(11)16/h3-8,13,17H,2,9H2,1H3. The van der Waals surface area contributed by atoms with Crippen molar-refractivity contribution in [2.24, 2.45) is 0 Å². The third kappa shape index (κ3) is 3.70. The van der Waals surface area contributed by atoms with Crippen LogP contribution in [0.2, 0.25) is 4.34 Å². The third-order valence-corrected chi connectivity index (χ3v) is 5.00. The van der Waals surface area contributed by atoms with Crippen LogP contribution in [0.1, 0.15) is 23.4 Å². The molecule has 0 aliphatic heterocycles. The van der Waals surface area contributed by atoms with Crippen LogP contribution in [-0.2, 0) is 6.42 Å². The molecule has 1 aromatic carbocycles. The van der Waals surface area contributed by atoms with Crippen LogP contribution < -0.4 is 5.32 Å². The second-order valence-corrected chi connectivity index (χ2v) is 7.00. The third-order valence-electron chi connectivity index (χ3n) is 2.77. The smallest absolute Gasteiger partial charge is 0.0931 e. The summed E-state index contributed by atoms with van der Waals surface area (Å²) in [6, 6.07) is 13.0. The molecule has 1 heterocycles. The van der Waals surface area contributed by atoms with Gasteiger partial charge in [-0.05, 0) is 52.9 Å². The number of benzene rings is 1. The Kier molecular flexibility index (Phi) is 5.48. The topological polar surface area (TPSA) is 12.0 Å². The lowest BCUT2D eigenvalue weighted by molar-refractivity contribution is 0.551. The Hall–Kier alpha value is -0.100. The number of rotatable bonds is 5. The summed E-state index contributed by atoms with van der Waals surface area (Å²) in [5.74, 6) is 0. The van der Waals surface area contributed by atoms with Gasteiger partial charge in [-0.15, -0.1) is 11.3 Å². The van der Waals surface area contributed by atoms with Gasteiger partial charge in [0, 0.05) is 20.9 Å². The number of hydrogen-bond donors (Lipinski definition) is 1. The molecule has 0 spiro atoms. The van der Waals surface area contributed by atoms with Gasteiger partial charge >= 0.3 is 0 Å². The molecule has 0 radical (unpaired) electrons. The van der Waals surface area contributed by atoms with Gasteiger partial charge in [0.25, 0.3) is 0 Å². The summed E-state index contributed by atoms with van der Waals surface area (Å²) in [5, 5.41) is 3.56. The maximum Gasteiger partial charge on any atom is 0.0931 e. The van der Waals surface area contributed by atoms with Gasteiger partial charge in [-0.25, -0.2) is 0 Å². The molecule has 96 valence electrons. The Labute approximate surface area is 131 Å². The Morgan fingerprint density at radius 1 is 1.28 bits per heavy atom. The van der Waals surface area contributed by atoms with E-state index in [2.05, 4.69) is 65.2 Å². The van der Waals surface area contributed by atoms with E-state index in [9.17, 15) is 0 Å². The van der Waals surface area contributed by atoms with Crippen LogP contribution >= 0.6 is 45.5 Å². The van der Waals surface area contributed by atoms with E-state index in [4.69, 9.17) is 11.6 Å². The predicted octanol–water partition coefficient (Wildman–Crippen LogP) is 4.90. The Morgan fingerprint density at radius 2 is 2.06 bits per heavy atom. The van der Waals surface area contributed by atoms with Crippen LogP contribution in [-0.4, -0.2) is 6.54 Å². The minimum Gasteiger partial charge on any atom is -0.310 e. The molecule has 4 heteroatoms. The van der Waals surface area contributed by atoms with Crippen LogP contribution in [0.15, 0.2) is 36.4 Å². The van der Waals surface area contributed by atoms with E-state index in [1.807, 2.05) is 6.07 Å². The molecule has 0 aliphatic carbocycles.